The van der Waals surface area contributed by atoms with Crippen LogP contribution in [0.25, 0.3) is 0 Å². The molecular weight excluding hydrogens is 412 g/mol. The Morgan fingerprint density at radius 2 is 1.53 bits per heavy atom. The summed E-state index contributed by atoms with van der Waals surface area (Å²) in [6, 6.07) is 0. The fourth-order valence-corrected chi connectivity index (χ4v) is 6.23. The first kappa shape index (κ1) is 25.4. The second kappa shape index (κ2) is 7.94. The SMILES string of the molecule is C=C1[C@H](O[Si](C)(C)C(C)(C)C)CC2(C(=O)OC)N=NC[C@H]2[C@H]1O[Si](C)(C)C(C)(C)C. The number of esters is 1. The maximum Gasteiger partial charge on any atom is 0.336 e. The highest BCUT2D eigenvalue weighted by molar-refractivity contribution is 6.74. The van der Waals surface area contributed by atoms with E-state index in [2.05, 4.69) is 84.5 Å². The molecule has 2 rings (SSSR count). The quantitative estimate of drug-likeness (QED) is 0.302. The predicted molar refractivity (Wildman–Crippen MR) is 126 cm³/mol. The molecule has 0 radical (unpaired) electrons. The first-order chi connectivity index (χ1) is 13.4. The molecular formula is C22H42N2O4Si2. The normalized spacial score (nSPS) is 30.4. The molecule has 1 aliphatic heterocycles. The number of methoxy groups -OCH3 is 1. The molecule has 1 unspecified atom stereocenters. The molecule has 30 heavy (non-hydrogen) atoms. The van der Waals surface area contributed by atoms with Crippen molar-refractivity contribution in [2.24, 2.45) is 16.1 Å². The van der Waals surface area contributed by atoms with E-state index in [9.17, 15) is 4.79 Å². The van der Waals surface area contributed by atoms with E-state index in [1.165, 1.54) is 7.11 Å². The van der Waals surface area contributed by atoms with Gasteiger partial charge in [0.05, 0.1) is 25.9 Å². The molecule has 1 heterocycles. The summed E-state index contributed by atoms with van der Waals surface area (Å²) in [6.45, 7) is 27.0. The molecule has 0 aromatic carbocycles. The van der Waals surface area contributed by atoms with Crippen molar-refractivity contribution in [3.05, 3.63) is 12.2 Å². The summed E-state index contributed by atoms with van der Waals surface area (Å²) in [5.41, 5.74) is -0.141. The second-order valence-electron chi connectivity index (χ2n) is 11.9. The van der Waals surface area contributed by atoms with Crippen LogP contribution < -0.4 is 0 Å². The van der Waals surface area contributed by atoms with Crippen LogP contribution in [0.2, 0.25) is 36.3 Å². The van der Waals surface area contributed by atoms with E-state index >= 15 is 0 Å². The van der Waals surface area contributed by atoms with Gasteiger partial charge in [-0.2, -0.15) is 10.2 Å². The highest BCUT2D eigenvalue weighted by Crippen LogP contribution is 2.50. The molecule has 0 saturated heterocycles. The standard InChI is InChI=1S/C22H42N2O4Si2/c1-15-17(27-29(9,10)20(2,3)4)13-22(19(25)26-8)16(14-23-24-22)18(15)28-30(11,12)21(5,6)7/h16-18H,1,13-14H2,2-12H3/t16-,17+,18-,22?/m0/s1. The van der Waals surface area contributed by atoms with Crippen LogP contribution in [0.5, 0.6) is 0 Å². The van der Waals surface area contributed by atoms with Gasteiger partial charge in [-0.25, -0.2) is 4.79 Å². The van der Waals surface area contributed by atoms with Crippen LogP contribution >= 0.6 is 0 Å². The number of hydrogen-bond acceptors (Lipinski definition) is 6. The minimum absolute atomic E-state index is 0.0291. The zero-order chi connectivity index (χ0) is 23.3. The Morgan fingerprint density at radius 3 is 2.00 bits per heavy atom. The molecule has 0 N–H and O–H groups in total. The number of carbonyl (C=O) groups is 1. The number of rotatable bonds is 5. The van der Waals surface area contributed by atoms with E-state index in [4.69, 9.17) is 13.6 Å². The van der Waals surface area contributed by atoms with Crippen LogP contribution in [0.4, 0.5) is 0 Å². The van der Waals surface area contributed by atoms with Crippen LogP contribution in [0.15, 0.2) is 22.4 Å². The molecule has 1 aliphatic carbocycles. The molecule has 1 fully saturated rings. The Hall–Kier alpha value is -0.836. The van der Waals surface area contributed by atoms with Crippen molar-refractivity contribution in [2.45, 2.75) is 102 Å². The molecule has 2 aliphatic rings. The number of nitrogens with zero attached hydrogens (tertiary/aromatic N) is 2. The lowest BCUT2D eigenvalue weighted by atomic mass is 9.69. The van der Waals surface area contributed by atoms with Gasteiger partial charge in [-0.15, -0.1) is 0 Å². The predicted octanol–water partition coefficient (Wildman–Crippen LogP) is 5.72. The number of ether oxygens (including phenoxy) is 1. The molecule has 0 amide bonds. The first-order valence-electron chi connectivity index (χ1n) is 10.9. The number of hydrogen-bond donors (Lipinski definition) is 0. The van der Waals surface area contributed by atoms with Crippen molar-refractivity contribution >= 4 is 22.6 Å². The van der Waals surface area contributed by atoms with Gasteiger partial charge in [-0.1, -0.05) is 48.1 Å². The lowest BCUT2D eigenvalue weighted by Gasteiger charge is -2.50. The van der Waals surface area contributed by atoms with Gasteiger partial charge in [0.15, 0.2) is 22.2 Å². The first-order valence-corrected chi connectivity index (χ1v) is 16.7. The minimum atomic E-state index is -2.14. The maximum atomic E-state index is 13.0. The van der Waals surface area contributed by atoms with Gasteiger partial charge in [-0.3, -0.25) is 0 Å². The van der Waals surface area contributed by atoms with Crippen molar-refractivity contribution in [1.82, 2.24) is 0 Å². The zero-order valence-corrected chi connectivity index (χ0v) is 22.9. The molecule has 6 nitrogen and oxygen atoms in total. The zero-order valence-electron chi connectivity index (χ0n) is 20.9. The molecule has 0 bridgehead atoms. The fourth-order valence-electron chi connectivity index (χ4n) is 3.63. The van der Waals surface area contributed by atoms with Crippen molar-refractivity contribution in [2.75, 3.05) is 13.7 Å². The number of fused-ring (bicyclic) bond motifs is 1. The molecule has 172 valence electrons. The summed E-state index contributed by atoms with van der Waals surface area (Å²) in [7, 11) is -2.83. The van der Waals surface area contributed by atoms with Crippen molar-refractivity contribution in [1.29, 1.82) is 0 Å². The summed E-state index contributed by atoms with van der Waals surface area (Å²) in [5, 5.41) is 8.83. The third-order valence-corrected chi connectivity index (χ3v) is 16.7. The van der Waals surface area contributed by atoms with E-state index < -0.39 is 22.2 Å². The average molecular weight is 455 g/mol. The maximum absolute atomic E-state index is 13.0. The Balaban J connectivity index is 2.50. The summed E-state index contributed by atoms with van der Waals surface area (Å²) < 4.78 is 18.9. The summed E-state index contributed by atoms with van der Waals surface area (Å²) in [5.74, 6) is -0.556. The third-order valence-electron chi connectivity index (χ3n) is 7.79. The van der Waals surface area contributed by atoms with Crippen LogP contribution in [0.1, 0.15) is 48.0 Å². The van der Waals surface area contributed by atoms with Crippen LogP contribution in [-0.4, -0.2) is 54.0 Å². The van der Waals surface area contributed by atoms with Crippen molar-refractivity contribution in [3.8, 4) is 0 Å². The van der Waals surface area contributed by atoms with E-state index in [0.717, 1.165) is 5.57 Å². The Bertz CT molecular complexity index is 722. The van der Waals surface area contributed by atoms with Crippen LogP contribution in [0, 0.1) is 5.92 Å². The summed E-state index contributed by atoms with van der Waals surface area (Å²) >= 11 is 0. The number of azo groups is 1. The largest absolute Gasteiger partial charge is 0.467 e. The van der Waals surface area contributed by atoms with Gasteiger partial charge < -0.3 is 13.6 Å². The third kappa shape index (κ3) is 4.38. The molecule has 8 heteroatoms. The summed E-state index contributed by atoms with van der Waals surface area (Å²) in [4.78, 5) is 13.0. The second-order valence-corrected chi connectivity index (χ2v) is 21.4. The highest BCUT2D eigenvalue weighted by atomic mass is 28.4. The van der Waals surface area contributed by atoms with Gasteiger partial charge in [0, 0.05) is 12.3 Å². The topological polar surface area (TPSA) is 69.5 Å². The Morgan fingerprint density at radius 1 is 1.03 bits per heavy atom. The molecule has 4 atom stereocenters. The highest BCUT2D eigenvalue weighted by Gasteiger charge is 2.61. The number of carbonyl (C=O) groups excluding carboxylic acids is 1. The molecule has 1 saturated carbocycles. The van der Waals surface area contributed by atoms with Crippen LogP contribution in [0.3, 0.4) is 0 Å². The van der Waals surface area contributed by atoms with Gasteiger partial charge in [-0.05, 0) is 41.8 Å². The van der Waals surface area contributed by atoms with E-state index in [1.54, 1.807) is 0 Å². The lowest BCUT2D eigenvalue weighted by molar-refractivity contribution is -0.152. The molecule has 0 aromatic rings. The van der Waals surface area contributed by atoms with Crippen LogP contribution in [-0.2, 0) is 18.4 Å². The van der Waals surface area contributed by atoms with E-state index in [0.29, 0.717) is 13.0 Å². The Labute approximate surface area is 185 Å². The van der Waals surface area contributed by atoms with E-state index in [1.807, 2.05) is 0 Å². The molecule has 0 spiro atoms. The fraction of sp³-hybridized carbons (Fsp3) is 0.864. The van der Waals surface area contributed by atoms with Gasteiger partial charge in [0.1, 0.15) is 0 Å². The van der Waals surface area contributed by atoms with E-state index in [-0.39, 0.29) is 34.2 Å². The minimum Gasteiger partial charge on any atom is -0.467 e. The monoisotopic (exact) mass is 454 g/mol. The van der Waals surface area contributed by atoms with Crippen molar-refractivity contribution < 1.29 is 18.4 Å². The van der Waals surface area contributed by atoms with Gasteiger partial charge in [0.25, 0.3) is 0 Å². The lowest BCUT2D eigenvalue weighted by Crippen LogP contribution is -2.61. The van der Waals surface area contributed by atoms with Gasteiger partial charge >= 0.3 is 5.97 Å². The Kier molecular flexibility index (Phi) is 6.73. The average Bonchev–Trinajstić information content (AvgIpc) is 3.00. The van der Waals surface area contributed by atoms with Gasteiger partial charge in [0.2, 0.25) is 0 Å². The van der Waals surface area contributed by atoms with Crippen molar-refractivity contribution in [3.63, 3.8) is 0 Å². The smallest absolute Gasteiger partial charge is 0.336 e. The molecule has 0 aromatic heterocycles. The summed E-state index contributed by atoms with van der Waals surface area (Å²) in [6.07, 6.45) is -0.229.